The Bertz CT molecular complexity index is 37.9. The third-order valence-corrected chi connectivity index (χ3v) is 0. The first-order valence-corrected chi connectivity index (χ1v) is 1.84. The van der Waals surface area contributed by atoms with Gasteiger partial charge in [0.2, 0.25) is 0 Å². The van der Waals surface area contributed by atoms with Gasteiger partial charge in [-0.2, -0.15) is 0 Å². The van der Waals surface area contributed by atoms with Crippen molar-refractivity contribution in [2.45, 2.75) is 0 Å². The van der Waals surface area contributed by atoms with Gasteiger partial charge in [0.1, 0.15) is 0 Å². The van der Waals surface area contributed by atoms with E-state index in [2.05, 4.69) is 0 Å². The molecule has 0 aliphatic carbocycles. The standard InChI is InChI=1S/Ag.Ca.Na.H3O3P/c;;;1-4(2)3/h;;;4H,(H2,1,2,3)/q;+2;+1;/p-2. The summed E-state index contributed by atoms with van der Waals surface area (Å²) in [5, 5.41) is 0. The van der Waals surface area contributed by atoms with Crippen LogP contribution in [0.2, 0.25) is 0 Å². The minimum atomic E-state index is -3.63. The Morgan fingerprint density at radius 1 is 1.29 bits per heavy atom. The van der Waals surface area contributed by atoms with E-state index < -0.39 is 8.25 Å². The van der Waals surface area contributed by atoms with Crippen LogP contribution in [0, 0.1) is 0 Å². The van der Waals surface area contributed by atoms with Crippen LogP contribution in [-0.2, 0) is 26.9 Å². The smallest absolute Gasteiger partial charge is 0.813 e. The van der Waals surface area contributed by atoms with Crippen LogP contribution in [0.1, 0.15) is 0 Å². The van der Waals surface area contributed by atoms with E-state index in [1.54, 1.807) is 0 Å². The molecule has 0 aliphatic heterocycles. The maximum absolute atomic E-state index is 8.52. The van der Waals surface area contributed by atoms with E-state index in [9.17, 15) is 0 Å². The van der Waals surface area contributed by atoms with Crippen molar-refractivity contribution in [1.29, 1.82) is 0 Å². The van der Waals surface area contributed by atoms with Gasteiger partial charge in [-0.3, -0.25) is 0 Å². The van der Waals surface area contributed by atoms with Gasteiger partial charge in [0.05, 0.1) is 0 Å². The van der Waals surface area contributed by atoms with E-state index in [4.69, 9.17) is 14.4 Å². The van der Waals surface area contributed by atoms with Crippen LogP contribution in [0.4, 0.5) is 0 Å². The molecule has 0 N–H and O–H groups in total. The van der Waals surface area contributed by atoms with Gasteiger partial charge in [-0.1, -0.05) is 8.25 Å². The molecule has 0 aliphatic rings. The summed E-state index contributed by atoms with van der Waals surface area (Å²) < 4.78 is 8.52. The minimum absolute atomic E-state index is 0. The Kier molecular flexibility index (Phi) is 51.6. The van der Waals surface area contributed by atoms with Crippen molar-refractivity contribution in [2.24, 2.45) is 0 Å². The maximum Gasteiger partial charge on any atom is 2.00 e. The topological polar surface area (TPSA) is 63.2 Å². The molecule has 0 heterocycles. The molecule has 1 radical (unpaired) electrons. The van der Waals surface area contributed by atoms with Crippen LogP contribution < -0.4 is 39.3 Å². The largest absolute Gasteiger partial charge is 2.00 e. The van der Waals surface area contributed by atoms with E-state index >= 15 is 0 Å². The van der Waals surface area contributed by atoms with Crippen LogP contribution in [-0.4, -0.2) is 37.7 Å². The monoisotopic (exact) mass is 250 g/mol. The second-order valence-electron chi connectivity index (χ2n) is 0.250. The molecular formula is HAgCaNaO3P+. The fraction of sp³-hybridized carbons (Fsp3) is 0. The van der Waals surface area contributed by atoms with Gasteiger partial charge in [-0.05, 0) is 0 Å². The second kappa shape index (κ2) is 16.1. The number of rotatable bonds is 0. The van der Waals surface area contributed by atoms with Gasteiger partial charge < -0.3 is 14.4 Å². The Balaban J connectivity index is -0.0000000150. The molecular weight excluding hydrogens is 250 g/mol. The first-order valence-electron chi connectivity index (χ1n) is 0.612. The fourth-order valence-corrected chi connectivity index (χ4v) is 0. The number of hydrogen-bond acceptors (Lipinski definition) is 3. The van der Waals surface area contributed by atoms with Crippen molar-refractivity contribution in [3.8, 4) is 0 Å². The average molecular weight is 251 g/mol. The average Bonchev–Trinajstić information content (AvgIpc) is 0.811. The number of hydrogen-bond donors (Lipinski definition) is 0. The van der Waals surface area contributed by atoms with Gasteiger partial charge in [0.15, 0.2) is 0 Å². The normalized spacial score (nSPS) is 5.00. The van der Waals surface area contributed by atoms with Crippen LogP contribution in [0.3, 0.4) is 0 Å². The summed E-state index contributed by atoms with van der Waals surface area (Å²) in [4.78, 5) is 17.0. The van der Waals surface area contributed by atoms with E-state index in [0.717, 1.165) is 0 Å². The van der Waals surface area contributed by atoms with Crippen molar-refractivity contribution >= 4 is 46.0 Å². The summed E-state index contributed by atoms with van der Waals surface area (Å²) in [6.45, 7) is 0. The molecule has 0 saturated heterocycles. The third kappa shape index (κ3) is 47.1. The molecule has 0 aromatic rings. The molecule has 7 heavy (non-hydrogen) atoms. The van der Waals surface area contributed by atoms with E-state index in [1.165, 1.54) is 0 Å². The minimum Gasteiger partial charge on any atom is -0.813 e. The second-order valence-corrected chi connectivity index (χ2v) is 0.750. The summed E-state index contributed by atoms with van der Waals surface area (Å²) in [6, 6.07) is 0. The third-order valence-electron chi connectivity index (χ3n) is 0. The Morgan fingerprint density at radius 2 is 1.29 bits per heavy atom. The molecule has 0 atom stereocenters. The van der Waals surface area contributed by atoms with Crippen LogP contribution in [0.15, 0.2) is 0 Å². The molecule has 37 valence electrons. The summed E-state index contributed by atoms with van der Waals surface area (Å²) in [7, 11) is -3.63. The predicted octanol–water partition coefficient (Wildman–Crippen LogP) is -5.28. The molecule has 0 amide bonds. The van der Waals surface area contributed by atoms with Gasteiger partial charge in [-0.25, -0.2) is 0 Å². The van der Waals surface area contributed by atoms with E-state index in [1.807, 2.05) is 0 Å². The van der Waals surface area contributed by atoms with Crippen molar-refractivity contribution in [3.05, 3.63) is 0 Å². The van der Waals surface area contributed by atoms with E-state index in [0.29, 0.717) is 0 Å². The van der Waals surface area contributed by atoms with Crippen LogP contribution >= 0.6 is 8.25 Å². The molecule has 0 bridgehead atoms. The van der Waals surface area contributed by atoms with Crippen molar-refractivity contribution in [2.75, 3.05) is 0 Å². The molecule has 0 fully saturated rings. The zero-order valence-corrected chi connectivity index (χ0v) is 10.4. The molecule has 3 nitrogen and oxygen atoms in total. The SMILES string of the molecule is O=[PH]([O-])[O-].[Ag].[Ca+2].[Na+]. The van der Waals surface area contributed by atoms with Gasteiger partial charge >= 0.3 is 67.3 Å². The van der Waals surface area contributed by atoms with Gasteiger partial charge in [0, 0.05) is 22.4 Å². The first kappa shape index (κ1) is 22.5. The quantitative estimate of drug-likeness (QED) is 0.319. The molecule has 0 saturated carbocycles. The maximum atomic E-state index is 8.52. The van der Waals surface area contributed by atoms with Crippen molar-refractivity contribution in [1.82, 2.24) is 0 Å². The molecule has 0 unspecified atom stereocenters. The van der Waals surface area contributed by atoms with Crippen LogP contribution in [0.25, 0.3) is 0 Å². The zero-order valence-electron chi connectivity index (χ0n) is 3.73. The van der Waals surface area contributed by atoms with Gasteiger partial charge in [-0.15, -0.1) is 0 Å². The molecule has 0 aromatic carbocycles. The molecule has 0 aromatic heterocycles. The summed E-state index contributed by atoms with van der Waals surface area (Å²) in [5.74, 6) is 0. The van der Waals surface area contributed by atoms with Crippen molar-refractivity contribution in [3.63, 3.8) is 0 Å². The predicted molar refractivity (Wildman–Crippen MR) is 14.8 cm³/mol. The molecule has 0 spiro atoms. The Hall–Kier alpha value is 3.15. The Labute approximate surface area is 110 Å². The summed E-state index contributed by atoms with van der Waals surface area (Å²) in [6.07, 6.45) is 0. The summed E-state index contributed by atoms with van der Waals surface area (Å²) in [5.41, 5.74) is 0. The molecule has 0 rings (SSSR count). The summed E-state index contributed by atoms with van der Waals surface area (Å²) >= 11 is 0. The van der Waals surface area contributed by atoms with Crippen molar-refractivity contribution < 1.29 is 66.3 Å². The van der Waals surface area contributed by atoms with Crippen LogP contribution in [0.5, 0.6) is 0 Å². The fourth-order valence-electron chi connectivity index (χ4n) is 0. The zero-order chi connectivity index (χ0) is 3.58. The molecule has 7 heteroatoms. The first-order chi connectivity index (χ1) is 1.73. The van der Waals surface area contributed by atoms with Gasteiger partial charge in [0.25, 0.3) is 0 Å². The van der Waals surface area contributed by atoms with E-state index in [-0.39, 0.29) is 89.7 Å². The Morgan fingerprint density at radius 3 is 1.29 bits per heavy atom.